The lowest BCUT2D eigenvalue weighted by Crippen LogP contribution is -2.46. The third kappa shape index (κ3) is 3.29. The number of carbonyl (C=O) groups excluding carboxylic acids is 1. The van der Waals surface area contributed by atoms with Crippen LogP contribution in [-0.2, 0) is 9.53 Å². The van der Waals surface area contributed by atoms with Crippen molar-refractivity contribution in [3.63, 3.8) is 0 Å². The van der Waals surface area contributed by atoms with Gasteiger partial charge in [0.1, 0.15) is 0 Å². The van der Waals surface area contributed by atoms with Gasteiger partial charge in [-0.2, -0.15) is 0 Å². The standard InChI is InChI=1S/C15H26N2O2.ClH/c16-13-2-1-12(11-13)14(18)17-7-3-15(4-8-17)5-9-19-10-6-15;/h12-13H,1-11,16H2;1H/t12-,13+;/m0./s1. The number of ether oxygens (including phenoxy) is 1. The summed E-state index contributed by atoms with van der Waals surface area (Å²) in [4.78, 5) is 14.6. The molecule has 1 spiro atoms. The smallest absolute Gasteiger partial charge is 0.225 e. The van der Waals surface area contributed by atoms with Gasteiger partial charge in [-0.05, 0) is 50.4 Å². The van der Waals surface area contributed by atoms with Gasteiger partial charge >= 0.3 is 0 Å². The molecule has 2 N–H and O–H groups in total. The fourth-order valence-corrected chi connectivity index (χ4v) is 4.00. The molecule has 0 aromatic carbocycles. The second-order valence-corrected chi connectivity index (χ2v) is 6.71. The van der Waals surface area contributed by atoms with Gasteiger partial charge < -0.3 is 15.4 Å². The molecule has 0 unspecified atom stereocenters. The van der Waals surface area contributed by atoms with E-state index in [1.807, 2.05) is 0 Å². The van der Waals surface area contributed by atoms with Crippen LogP contribution in [0.3, 0.4) is 0 Å². The zero-order chi connectivity index (χ0) is 13.3. The van der Waals surface area contributed by atoms with E-state index in [9.17, 15) is 4.79 Å². The number of likely N-dealkylation sites (tertiary alicyclic amines) is 1. The van der Waals surface area contributed by atoms with Crippen LogP contribution in [0.15, 0.2) is 0 Å². The van der Waals surface area contributed by atoms with Crippen LogP contribution in [0.5, 0.6) is 0 Å². The van der Waals surface area contributed by atoms with Crippen molar-refractivity contribution in [1.82, 2.24) is 4.90 Å². The molecular weight excluding hydrogens is 276 g/mol. The number of nitrogens with two attached hydrogens (primary N) is 1. The van der Waals surface area contributed by atoms with E-state index in [-0.39, 0.29) is 24.4 Å². The second-order valence-electron chi connectivity index (χ2n) is 6.71. The van der Waals surface area contributed by atoms with Crippen LogP contribution in [0.1, 0.15) is 44.9 Å². The average Bonchev–Trinajstić information content (AvgIpc) is 2.87. The number of halogens is 1. The first kappa shape index (κ1) is 16.1. The molecule has 3 aliphatic rings. The Balaban J connectivity index is 0.00000147. The predicted molar refractivity (Wildman–Crippen MR) is 80.9 cm³/mol. The van der Waals surface area contributed by atoms with Crippen molar-refractivity contribution in [3.8, 4) is 0 Å². The number of rotatable bonds is 1. The summed E-state index contributed by atoms with van der Waals surface area (Å²) in [6, 6.07) is 0.251. The summed E-state index contributed by atoms with van der Waals surface area (Å²) in [5.74, 6) is 0.577. The van der Waals surface area contributed by atoms with E-state index in [1.54, 1.807) is 0 Å². The molecule has 2 heterocycles. The summed E-state index contributed by atoms with van der Waals surface area (Å²) >= 11 is 0. The van der Waals surface area contributed by atoms with Crippen LogP contribution in [0.4, 0.5) is 0 Å². The van der Waals surface area contributed by atoms with Crippen LogP contribution in [0.2, 0.25) is 0 Å². The van der Waals surface area contributed by atoms with E-state index in [2.05, 4.69) is 4.90 Å². The van der Waals surface area contributed by atoms with Gasteiger partial charge in [0.05, 0.1) is 0 Å². The first-order chi connectivity index (χ1) is 9.19. The summed E-state index contributed by atoms with van der Waals surface area (Å²) in [7, 11) is 0. The SMILES string of the molecule is Cl.N[C@@H]1CC[C@H](C(=O)N2CCC3(CCOCC3)CC2)C1. The predicted octanol–water partition coefficient (Wildman–Crippen LogP) is 1.95. The Morgan fingerprint density at radius 1 is 1.10 bits per heavy atom. The van der Waals surface area contributed by atoms with E-state index in [0.717, 1.165) is 45.6 Å². The molecule has 0 aromatic rings. The van der Waals surface area contributed by atoms with Gasteiger partial charge in [0.25, 0.3) is 0 Å². The van der Waals surface area contributed by atoms with E-state index < -0.39 is 0 Å². The van der Waals surface area contributed by atoms with E-state index in [4.69, 9.17) is 10.5 Å². The van der Waals surface area contributed by atoms with Crippen molar-refractivity contribution >= 4 is 18.3 Å². The lowest BCUT2D eigenvalue weighted by atomic mass is 9.72. The Morgan fingerprint density at radius 3 is 2.30 bits per heavy atom. The third-order valence-electron chi connectivity index (χ3n) is 5.51. The summed E-state index contributed by atoms with van der Waals surface area (Å²) in [5.41, 5.74) is 6.39. The molecule has 5 heteroatoms. The zero-order valence-corrected chi connectivity index (χ0v) is 13.0. The van der Waals surface area contributed by atoms with Crippen molar-refractivity contribution in [2.45, 2.75) is 51.0 Å². The number of amides is 1. The van der Waals surface area contributed by atoms with Crippen LogP contribution in [-0.4, -0.2) is 43.2 Å². The Kier molecular flexibility index (Phi) is 5.32. The number of carbonyl (C=O) groups is 1. The molecule has 20 heavy (non-hydrogen) atoms. The molecule has 2 aliphatic heterocycles. The molecule has 3 rings (SSSR count). The highest BCUT2D eigenvalue weighted by Gasteiger charge is 2.39. The topological polar surface area (TPSA) is 55.6 Å². The van der Waals surface area contributed by atoms with Crippen molar-refractivity contribution in [3.05, 3.63) is 0 Å². The summed E-state index contributed by atoms with van der Waals surface area (Å²) in [6.07, 6.45) is 7.61. The van der Waals surface area contributed by atoms with Crippen molar-refractivity contribution in [2.24, 2.45) is 17.1 Å². The molecule has 0 bridgehead atoms. The minimum Gasteiger partial charge on any atom is -0.381 e. The molecule has 116 valence electrons. The average molecular weight is 303 g/mol. The maximum atomic E-state index is 12.5. The highest BCUT2D eigenvalue weighted by Crippen LogP contribution is 2.41. The van der Waals surface area contributed by atoms with Crippen LogP contribution in [0.25, 0.3) is 0 Å². The normalized spacial score (nSPS) is 33.0. The number of nitrogens with zero attached hydrogens (tertiary/aromatic N) is 1. The summed E-state index contributed by atoms with van der Waals surface area (Å²) in [6.45, 7) is 3.71. The van der Waals surface area contributed by atoms with Crippen LogP contribution in [0, 0.1) is 11.3 Å². The molecule has 0 aromatic heterocycles. The van der Waals surface area contributed by atoms with Gasteiger partial charge in [0.15, 0.2) is 0 Å². The minimum absolute atomic E-state index is 0. The monoisotopic (exact) mass is 302 g/mol. The summed E-state index contributed by atoms with van der Waals surface area (Å²) in [5, 5.41) is 0. The molecular formula is C15H27ClN2O2. The lowest BCUT2D eigenvalue weighted by molar-refractivity contribution is -0.138. The van der Waals surface area contributed by atoms with Crippen LogP contribution < -0.4 is 5.73 Å². The second kappa shape index (κ2) is 6.63. The Hall–Kier alpha value is -0.320. The van der Waals surface area contributed by atoms with Crippen molar-refractivity contribution in [1.29, 1.82) is 0 Å². The molecule has 1 aliphatic carbocycles. The first-order valence-electron chi connectivity index (χ1n) is 7.81. The molecule has 4 nitrogen and oxygen atoms in total. The Bertz CT molecular complexity index is 335. The maximum Gasteiger partial charge on any atom is 0.225 e. The fraction of sp³-hybridized carbons (Fsp3) is 0.933. The Labute approximate surface area is 127 Å². The first-order valence-corrected chi connectivity index (χ1v) is 7.81. The highest BCUT2D eigenvalue weighted by atomic mass is 35.5. The minimum atomic E-state index is 0. The van der Waals surface area contributed by atoms with E-state index in [1.165, 1.54) is 25.7 Å². The highest BCUT2D eigenvalue weighted by molar-refractivity contribution is 5.85. The van der Waals surface area contributed by atoms with Gasteiger partial charge in [-0.25, -0.2) is 0 Å². The number of piperidine rings is 1. The van der Waals surface area contributed by atoms with Gasteiger partial charge in [0, 0.05) is 38.3 Å². The van der Waals surface area contributed by atoms with E-state index >= 15 is 0 Å². The molecule has 1 saturated carbocycles. The molecule has 2 saturated heterocycles. The van der Waals surface area contributed by atoms with E-state index in [0.29, 0.717) is 11.3 Å². The van der Waals surface area contributed by atoms with Gasteiger partial charge in [0.2, 0.25) is 5.91 Å². The van der Waals surface area contributed by atoms with Gasteiger partial charge in [-0.15, -0.1) is 12.4 Å². The number of hydrogen-bond donors (Lipinski definition) is 1. The molecule has 1 amide bonds. The largest absolute Gasteiger partial charge is 0.381 e. The zero-order valence-electron chi connectivity index (χ0n) is 12.2. The third-order valence-corrected chi connectivity index (χ3v) is 5.51. The van der Waals surface area contributed by atoms with Gasteiger partial charge in [-0.3, -0.25) is 4.79 Å². The Morgan fingerprint density at radius 2 is 1.75 bits per heavy atom. The maximum absolute atomic E-state index is 12.5. The number of hydrogen-bond acceptors (Lipinski definition) is 3. The molecule has 3 fully saturated rings. The molecule has 0 radical (unpaired) electrons. The molecule has 2 atom stereocenters. The quantitative estimate of drug-likeness (QED) is 0.805. The summed E-state index contributed by atoms with van der Waals surface area (Å²) < 4.78 is 5.47. The van der Waals surface area contributed by atoms with Crippen molar-refractivity contribution < 1.29 is 9.53 Å². The van der Waals surface area contributed by atoms with Crippen LogP contribution >= 0.6 is 12.4 Å². The van der Waals surface area contributed by atoms with Crippen molar-refractivity contribution in [2.75, 3.05) is 26.3 Å². The fourth-order valence-electron chi connectivity index (χ4n) is 4.00. The lowest BCUT2D eigenvalue weighted by Gasteiger charge is -2.44. The van der Waals surface area contributed by atoms with Gasteiger partial charge in [-0.1, -0.05) is 0 Å².